The molecule has 0 aliphatic carbocycles. The number of hydroxylamine groups is 1. The number of hydrogen-bond acceptors (Lipinski definition) is 7. The molecule has 1 aromatic heterocycles. The first-order chi connectivity index (χ1) is 13.5. The second kappa shape index (κ2) is 8.08. The lowest BCUT2D eigenvalue weighted by Crippen LogP contribution is -2.60. The van der Waals surface area contributed by atoms with Gasteiger partial charge in [-0.15, -0.1) is 11.3 Å². The van der Waals surface area contributed by atoms with Gasteiger partial charge in [-0.2, -0.15) is 8.61 Å². The Morgan fingerprint density at radius 1 is 1.21 bits per heavy atom. The highest BCUT2D eigenvalue weighted by molar-refractivity contribution is 7.91. The lowest BCUT2D eigenvalue weighted by atomic mass is 10.2. The molecular weight excluding hydrogens is 445 g/mol. The average Bonchev–Trinajstić information content (AvgIpc) is 3.17. The van der Waals surface area contributed by atoms with Crippen LogP contribution in [-0.2, 0) is 24.8 Å². The Kier molecular flexibility index (Phi) is 6.08. The van der Waals surface area contributed by atoms with Gasteiger partial charge in [0.15, 0.2) is 0 Å². The summed E-state index contributed by atoms with van der Waals surface area (Å²) in [6, 6.07) is 7.12. The van der Waals surface area contributed by atoms with Crippen molar-refractivity contribution in [1.29, 1.82) is 0 Å². The molecule has 158 valence electrons. The van der Waals surface area contributed by atoms with Gasteiger partial charge in [-0.1, -0.05) is 12.1 Å². The number of carbonyl (C=O) groups is 1. The summed E-state index contributed by atoms with van der Waals surface area (Å²) >= 11 is 0.901. The number of amides is 1. The first-order valence-electron chi connectivity index (χ1n) is 8.31. The molecule has 2 N–H and O–H groups in total. The second-order valence-electron chi connectivity index (χ2n) is 6.36. The minimum Gasteiger partial charge on any atom is -0.289 e. The number of piperazine rings is 1. The molecule has 2 aromatic rings. The molecule has 1 atom stereocenters. The van der Waals surface area contributed by atoms with Gasteiger partial charge < -0.3 is 0 Å². The van der Waals surface area contributed by atoms with Gasteiger partial charge in [0.1, 0.15) is 16.1 Å². The normalized spacial score (nSPS) is 19.2. The second-order valence-corrected chi connectivity index (χ2v) is 11.5. The van der Waals surface area contributed by atoms with E-state index in [0.29, 0.717) is 10.4 Å². The summed E-state index contributed by atoms with van der Waals surface area (Å²) in [4.78, 5) is 12.6. The molecule has 1 amide bonds. The van der Waals surface area contributed by atoms with Crippen LogP contribution >= 0.6 is 11.3 Å². The fourth-order valence-electron chi connectivity index (χ4n) is 2.99. The Balaban J connectivity index is 1.94. The summed E-state index contributed by atoms with van der Waals surface area (Å²) in [5, 5.41) is 8.99. The maximum atomic E-state index is 13.5. The number of sulfonamides is 2. The minimum absolute atomic E-state index is 0.0830. The Labute approximate surface area is 171 Å². The number of benzene rings is 1. The maximum Gasteiger partial charge on any atom is 0.263 e. The first-order valence-corrected chi connectivity index (χ1v) is 12.4. The van der Waals surface area contributed by atoms with Crippen LogP contribution in [0.1, 0.15) is 0 Å². The molecule has 1 aliphatic heterocycles. The van der Waals surface area contributed by atoms with Crippen LogP contribution in [0.3, 0.4) is 0 Å². The smallest absolute Gasteiger partial charge is 0.263 e. The summed E-state index contributed by atoms with van der Waals surface area (Å²) in [5.41, 5.74) is 1.90. The van der Waals surface area contributed by atoms with Gasteiger partial charge in [0.25, 0.3) is 15.9 Å². The molecule has 1 saturated heterocycles. The number of thiophene rings is 1. The summed E-state index contributed by atoms with van der Waals surface area (Å²) < 4.78 is 65.0. The topological polar surface area (TPSA) is 124 Å². The van der Waals surface area contributed by atoms with Crippen LogP contribution in [-0.4, -0.2) is 68.5 Å². The third-order valence-electron chi connectivity index (χ3n) is 4.43. The van der Waals surface area contributed by atoms with Crippen molar-refractivity contribution < 1.29 is 31.2 Å². The van der Waals surface area contributed by atoms with Crippen molar-refractivity contribution in [2.24, 2.45) is 0 Å². The molecule has 1 fully saturated rings. The van der Waals surface area contributed by atoms with Crippen LogP contribution < -0.4 is 5.48 Å². The van der Waals surface area contributed by atoms with Gasteiger partial charge >= 0.3 is 0 Å². The third-order valence-corrected chi connectivity index (χ3v) is 9.21. The highest BCUT2D eigenvalue weighted by Gasteiger charge is 2.42. The van der Waals surface area contributed by atoms with Crippen molar-refractivity contribution in [2.45, 2.75) is 10.3 Å². The van der Waals surface area contributed by atoms with Gasteiger partial charge in [-0.25, -0.2) is 26.7 Å². The molecular formula is C16H18FN3O6S3. The summed E-state index contributed by atoms with van der Waals surface area (Å²) in [7, 11) is -7.82. The Hall–Kier alpha value is -1.90. The molecule has 0 saturated carbocycles. The number of carbonyl (C=O) groups excluding carboxylic acids is 1. The summed E-state index contributed by atoms with van der Waals surface area (Å²) in [6.45, 7) is -0.817. The maximum absolute atomic E-state index is 13.5. The van der Waals surface area contributed by atoms with E-state index in [2.05, 4.69) is 0 Å². The molecule has 9 nitrogen and oxygen atoms in total. The molecule has 0 bridgehead atoms. The van der Waals surface area contributed by atoms with Crippen molar-refractivity contribution >= 4 is 37.3 Å². The zero-order valence-electron chi connectivity index (χ0n) is 15.1. The van der Waals surface area contributed by atoms with Crippen LogP contribution in [0, 0.1) is 5.82 Å². The van der Waals surface area contributed by atoms with Crippen molar-refractivity contribution in [2.75, 3.05) is 25.9 Å². The number of nitrogens with one attached hydrogen (secondary N) is 1. The molecule has 2 heterocycles. The van der Waals surface area contributed by atoms with E-state index in [0.717, 1.165) is 26.2 Å². The number of hydrogen-bond donors (Lipinski definition) is 2. The monoisotopic (exact) mass is 463 g/mol. The van der Waals surface area contributed by atoms with E-state index in [1.807, 2.05) is 0 Å². The largest absolute Gasteiger partial charge is 0.289 e. The molecule has 0 radical (unpaired) electrons. The SMILES string of the molecule is CS(=O)(=O)N1CCN(S(=O)(=O)c2ccc(-c3cccc(F)c3)s2)[C@@H](C(=O)NO)C1. The lowest BCUT2D eigenvalue weighted by molar-refractivity contribution is -0.134. The fourth-order valence-corrected chi connectivity index (χ4v) is 6.82. The fraction of sp³-hybridized carbons (Fsp3) is 0.312. The van der Waals surface area contributed by atoms with Crippen LogP contribution in [0.25, 0.3) is 10.4 Å². The summed E-state index contributed by atoms with van der Waals surface area (Å²) in [5.74, 6) is -1.50. The van der Waals surface area contributed by atoms with E-state index in [-0.39, 0.29) is 17.3 Å². The van der Waals surface area contributed by atoms with E-state index < -0.39 is 44.4 Å². The molecule has 0 unspecified atom stereocenters. The number of nitrogens with zero attached hydrogens (tertiary/aromatic N) is 2. The van der Waals surface area contributed by atoms with Gasteiger partial charge in [0.2, 0.25) is 10.0 Å². The van der Waals surface area contributed by atoms with Crippen LogP contribution in [0.4, 0.5) is 4.39 Å². The van der Waals surface area contributed by atoms with Crippen molar-refractivity contribution in [3.8, 4) is 10.4 Å². The number of halogens is 1. The Morgan fingerprint density at radius 2 is 1.93 bits per heavy atom. The lowest BCUT2D eigenvalue weighted by Gasteiger charge is -2.37. The molecule has 1 aromatic carbocycles. The predicted octanol–water partition coefficient (Wildman–Crippen LogP) is 0.694. The predicted molar refractivity (Wildman–Crippen MR) is 104 cm³/mol. The van der Waals surface area contributed by atoms with Gasteiger partial charge in [0.05, 0.1) is 6.26 Å². The van der Waals surface area contributed by atoms with E-state index in [9.17, 15) is 26.0 Å². The van der Waals surface area contributed by atoms with E-state index in [1.165, 1.54) is 35.8 Å². The van der Waals surface area contributed by atoms with E-state index in [4.69, 9.17) is 5.21 Å². The number of rotatable bonds is 5. The van der Waals surface area contributed by atoms with Gasteiger partial charge in [-0.05, 0) is 29.8 Å². The molecule has 1 aliphatic rings. The Bertz CT molecular complexity index is 1130. The molecule has 0 spiro atoms. The summed E-state index contributed by atoms with van der Waals surface area (Å²) in [6.07, 6.45) is 0.954. The zero-order chi connectivity index (χ0) is 21.4. The zero-order valence-corrected chi connectivity index (χ0v) is 17.6. The molecule has 29 heavy (non-hydrogen) atoms. The van der Waals surface area contributed by atoms with Crippen molar-refractivity contribution in [3.05, 3.63) is 42.2 Å². The van der Waals surface area contributed by atoms with Crippen LogP contribution in [0.2, 0.25) is 0 Å². The van der Waals surface area contributed by atoms with Gasteiger partial charge in [0, 0.05) is 24.5 Å². The molecule has 13 heteroatoms. The third kappa shape index (κ3) is 4.49. The van der Waals surface area contributed by atoms with E-state index >= 15 is 0 Å². The first kappa shape index (κ1) is 21.8. The minimum atomic E-state index is -4.17. The Morgan fingerprint density at radius 3 is 2.55 bits per heavy atom. The molecule has 3 rings (SSSR count). The van der Waals surface area contributed by atoms with Crippen molar-refractivity contribution in [3.63, 3.8) is 0 Å². The van der Waals surface area contributed by atoms with Crippen molar-refractivity contribution in [1.82, 2.24) is 14.1 Å². The van der Waals surface area contributed by atoms with Crippen LogP contribution in [0.5, 0.6) is 0 Å². The van der Waals surface area contributed by atoms with Gasteiger partial charge in [-0.3, -0.25) is 10.0 Å². The highest BCUT2D eigenvalue weighted by Crippen LogP contribution is 2.34. The van der Waals surface area contributed by atoms with E-state index in [1.54, 1.807) is 6.07 Å². The quantitative estimate of drug-likeness (QED) is 0.497. The standard InChI is InChI=1S/C16H18FN3O6S3/c1-28(23,24)19-7-8-20(13(10-19)16(21)18-22)29(25,26)15-6-5-14(27-15)11-3-2-4-12(17)9-11/h2-6,9,13,22H,7-8,10H2,1H3,(H,18,21)/t13-/m1/s1. The average molecular weight is 464 g/mol. The highest BCUT2D eigenvalue weighted by atomic mass is 32.2. The van der Waals surface area contributed by atoms with Crippen LogP contribution in [0.15, 0.2) is 40.6 Å².